The maximum Gasteiger partial charge on any atom is 0.279 e. The molecule has 4 rings (SSSR count). The molecular weight excluding hydrogens is 412 g/mol. The Labute approximate surface area is 184 Å². The van der Waals surface area contributed by atoms with Crippen LogP contribution in [-0.2, 0) is 17.7 Å². The summed E-state index contributed by atoms with van der Waals surface area (Å²) < 4.78 is 18.0. The fourth-order valence-corrected chi connectivity index (χ4v) is 3.10. The van der Waals surface area contributed by atoms with Crippen LogP contribution in [0.5, 0.6) is 0 Å². The molecule has 0 fully saturated rings. The number of benzene rings is 1. The second-order valence-electron chi connectivity index (χ2n) is 7.07. The monoisotopic (exact) mass is 434 g/mol. The first-order valence-electron chi connectivity index (χ1n) is 10.0. The van der Waals surface area contributed by atoms with E-state index in [1.807, 2.05) is 30.3 Å². The van der Waals surface area contributed by atoms with Crippen LogP contribution in [0.25, 0.3) is 11.3 Å². The molecule has 3 aromatic heterocycles. The summed E-state index contributed by atoms with van der Waals surface area (Å²) in [6.07, 6.45) is 2.15. The minimum Gasteiger partial charge on any atom is -0.456 e. The number of amides is 1. The zero-order chi connectivity index (χ0) is 22.5. The highest BCUT2D eigenvalue weighted by Crippen LogP contribution is 2.26. The van der Waals surface area contributed by atoms with Gasteiger partial charge >= 0.3 is 0 Å². The molecule has 9 nitrogen and oxygen atoms in total. The van der Waals surface area contributed by atoms with Gasteiger partial charge in [-0.1, -0.05) is 30.3 Å². The van der Waals surface area contributed by atoms with Crippen molar-refractivity contribution >= 4 is 17.5 Å². The third-order valence-corrected chi connectivity index (χ3v) is 4.65. The second kappa shape index (κ2) is 9.44. The van der Waals surface area contributed by atoms with Crippen LogP contribution < -0.4 is 5.32 Å². The first-order valence-corrected chi connectivity index (χ1v) is 10.0. The molecule has 0 saturated carbocycles. The quantitative estimate of drug-likeness (QED) is 0.399. The number of furan rings is 1. The average molecular weight is 434 g/mol. The number of nitrogens with zero attached hydrogens (tertiary/aromatic N) is 3. The normalized spacial score (nSPS) is 10.9. The summed E-state index contributed by atoms with van der Waals surface area (Å²) >= 11 is 0. The molecule has 164 valence electrons. The number of oxazole rings is 1. The Morgan fingerprint density at radius 3 is 2.62 bits per heavy atom. The molecule has 0 saturated heterocycles. The Bertz CT molecular complexity index is 1220. The smallest absolute Gasteiger partial charge is 0.279 e. The van der Waals surface area contributed by atoms with Gasteiger partial charge < -0.3 is 18.9 Å². The van der Waals surface area contributed by atoms with Crippen molar-refractivity contribution in [1.29, 1.82) is 0 Å². The van der Waals surface area contributed by atoms with Crippen LogP contribution in [0.3, 0.4) is 0 Å². The van der Waals surface area contributed by atoms with Gasteiger partial charge in [0.2, 0.25) is 0 Å². The standard InChI is InChI=1S/C23H22N4O5/c1-15(28)18-9-8-17(31-18)14-27-12-10-19(26-27)24-23(29)21-22(16-6-4-3-5-7-16)32-20(25-21)11-13-30-2/h3-10,12H,11,13-14H2,1-2H3,(H,24,26,29). The van der Waals surface area contributed by atoms with Gasteiger partial charge in [-0.3, -0.25) is 14.3 Å². The highest BCUT2D eigenvalue weighted by atomic mass is 16.5. The van der Waals surface area contributed by atoms with Gasteiger partial charge in [0.05, 0.1) is 13.2 Å². The second-order valence-corrected chi connectivity index (χ2v) is 7.07. The molecule has 0 spiro atoms. The van der Waals surface area contributed by atoms with E-state index in [9.17, 15) is 9.59 Å². The van der Waals surface area contributed by atoms with Crippen LogP contribution in [0.4, 0.5) is 5.82 Å². The van der Waals surface area contributed by atoms with Gasteiger partial charge in [-0.15, -0.1) is 0 Å². The van der Waals surface area contributed by atoms with E-state index >= 15 is 0 Å². The summed E-state index contributed by atoms with van der Waals surface area (Å²) in [6.45, 7) is 2.19. The summed E-state index contributed by atoms with van der Waals surface area (Å²) in [4.78, 5) is 28.7. The Kier molecular flexibility index (Phi) is 6.27. The molecule has 1 amide bonds. The molecule has 1 aromatic carbocycles. The van der Waals surface area contributed by atoms with Crippen LogP contribution >= 0.6 is 0 Å². The van der Waals surface area contributed by atoms with Gasteiger partial charge in [0, 0.05) is 38.3 Å². The topological polar surface area (TPSA) is 112 Å². The molecule has 1 N–H and O–H groups in total. The zero-order valence-corrected chi connectivity index (χ0v) is 17.7. The number of ketones is 1. The molecule has 4 aromatic rings. The lowest BCUT2D eigenvalue weighted by Crippen LogP contribution is -2.14. The van der Waals surface area contributed by atoms with Crippen molar-refractivity contribution in [2.24, 2.45) is 0 Å². The van der Waals surface area contributed by atoms with Crippen molar-refractivity contribution < 1.29 is 23.2 Å². The van der Waals surface area contributed by atoms with Crippen LogP contribution in [0, 0.1) is 0 Å². The molecule has 0 bridgehead atoms. The summed E-state index contributed by atoms with van der Waals surface area (Å²) in [5, 5.41) is 7.10. The molecule has 0 unspecified atom stereocenters. The Morgan fingerprint density at radius 1 is 1.09 bits per heavy atom. The van der Waals surface area contributed by atoms with Gasteiger partial charge in [0.25, 0.3) is 5.91 Å². The number of aromatic nitrogens is 3. The fraction of sp³-hybridized carbons (Fsp3) is 0.217. The first kappa shape index (κ1) is 21.3. The van der Waals surface area contributed by atoms with Crippen molar-refractivity contribution in [3.8, 4) is 11.3 Å². The first-order chi connectivity index (χ1) is 15.5. The maximum absolute atomic E-state index is 13.0. The average Bonchev–Trinajstić information content (AvgIpc) is 3.53. The van der Waals surface area contributed by atoms with Crippen molar-refractivity contribution in [1.82, 2.24) is 14.8 Å². The highest BCUT2D eigenvalue weighted by molar-refractivity contribution is 6.06. The van der Waals surface area contributed by atoms with Crippen molar-refractivity contribution in [3.05, 3.63) is 77.8 Å². The lowest BCUT2D eigenvalue weighted by molar-refractivity contribution is 0.0983. The number of rotatable bonds is 9. The zero-order valence-electron chi connectivity index (χ0n) is 17.7. The number of carbonyl (C=O) groups is 2. The summed E-state index contributed by atoms with van der Waals surface area (Å²) in [5.74, 6) is 1.47. The van der Waals surface area contributed by atoms with E-state index < -0.39 is 5.91 Å². The largest absolute Gasteiger partial charge is 0.456 e. The molecule has 9 heteroatoms. The van der Waals surface area contributed by atoms with E-state index in [0.29, 0.717) is 48.6 Å². The molecule has 0 aliphatic heterocycles. The van der Waals surface area contributed by atoms with Gasteiger partial charge in [0.15, 0.2) is 34.7 Å². The van der Waals surface area contributed by atoms with Crippen LogP contribution in [0.15, 0.2) is 63.6 Å². The summed E-state index contributed by atoms with van der Waals surface area (Å²) in [5.41, 5.74) is 0.924. The van der Waals surface area contributed by atoms with Crippen molar-refractivity contribution in [2.75, 3.05) is 19.0 Å². The third-order valence-electron chi connectivity index (χ3n) is 4.65. The number of hydrogen-bond donors (Lipinski definition) is 1. The molecule has 0 aliphatic rings. The highest BCUT2D eigenvalue weighted by Gasteiger charge is 2.22. The number of methoxy groups -OCH3 is 1. The van der Waals surface area contributed by atoms with E-state index in [0.717, 1.165) is 5.56 Å². The SMILES string of the molecule is COCCc1nc(C(=O)Nc2ccn(Cc3ccc(C(C)=O)o3)n2)c(-c2ccccc2)o1. The van der Waals surface area contributed by atoms with E-state index in [1.54, 1.807) is 36.2 Å². The van der Waals surface area contributed by atoms with Crippen molar-refractivity contribution in [3.63, 3.8) is 0 Å². The Hall–Kier alpha value is -3.98. The Morgan fingerprint density at radius 2 is 1.91 bits per heavy atom. The van der Waals surface area contributed by atoms with E-state index in [-0.39, 0.29) is 11.5 Å². The lowest BCUT2D eigenvalue weighted by Gasteiger charge is -2.02. The molecule has 0 atom stereocenters. The minimum absolute atomic E-state index is 0.142. The fourth-order valence-electron chi connectivity index (χ4n) is 3.10. The molecular formula is C23H22N4O5. The molecule has 3 heterocycles. The minimum atomic E-state index is -0.432. The predicted molar refractivity (Wildman–Crippen MR) is 116 cm³/mol. The van der Waals surface area contributed by atoms with E-state index in [2.05, 4.69) is 15.4 Å². The van der Waals surface area contributed by atoms with Crippen LogP contribution in [0.1, 0.15) is 39.6 Å². The van der Waals surface area contributed by atoms with Gasteiger partial charge in [-0.25, -0.2) is 4.98 Å². The van der Waals surface area contributed by atoms with Crippen LogP contribution in [-0.4, -0.2) is 40.2 Å². The molecule has 0 radical (unpaired) electrons. The predicted octanol–water partition coefficient (Wildman–Crippen LogP) is 3.82. The number of hydrogen-bond acceptors (Lipinski definition) is 7. The third kappa shape index (κ3) is 4.84. The van der Waals surface area contributed by atoms with Crippen molar-refractivity contribution in [2.45, 2.75) is 19.9 Å². The number of ether oxygens (including phenoxy) is 1. The Balaban J connectivity index is 1.51. The van der Waals surface area contributed by atoms with E-state index in [4.69, 9.17) is 13.6 Å². The van der Waals surface area contributed by atoms with Gasteiger partial charge in [-0.05, 0) is 12.1 Å². The lowest BCUT2D eigenvalue weighted by atomic mass is 10.1. The number of nitrogens with one attached hydrogen (secondary N) is 1. The maximum atomic E-state index is 13.0. The summed E-state index contributed by atoms with van der Waals surface area (Å²) in [6, 6.07) is 14.3. The van der Waals surface area contributed by atoms with Gasteiger partial charge in [0.1, 0.15) is 5.76 Å². The summed E-state index contributed by atoms with van der Waals surface area (Å²) in [7, 11) is 1.59. The number of Topliss-reactive ketones (excluding diaryl/α,β-unsaturated/α-hetero) is 1. The molecule has 0 aliphatic carbocycles. The van der Waals surface area contributed by atoms with E-state index in [1.165, 1.54) is 6.92 Å². The number of anilines is 1. The number of carbonyl (C=O) groups excluding carboxylic acids is 2. The van der Waals surface area contributed by atoms with Gasteiger partial charge in [-0.2, -0.15) is 5.10 Å². The molecule has 32 heavy (non-hydrogen) atoms. The van der Waals surface area contributed by atoms with Crippen LogP contribution in [0.2, 0.25) is 0 Å².